The summed E-state index contributed by atoms with van der Waals surface area (Å²) in [5, 5.41) is 9.54. The second-order valence-corrected chi connectivity index (χ2v) is 6.71. The van der Waals surface area contributed by atoms with Gasteiger partial charge >= 0.3 is 0 Å². The van der Waals surface area contributed by atoms with Gasteiger partial charge < -0.3 is 20.1 Å². The minimum Gasteiger partial charge on any atom is -0.513 e. The number of methoxy groups -OCH3 is 1. The second kappa shape index (κ2) is 8.05. The van der Waals surface area contributed by atoms with Crippen LogP contribution >= 0.6 is 0 Å². The van der Waals surface area contributed by atoms with Gasteiger partial charge in [-0.2, -0.15) is 0 Å². The molecule has 0 atom stereocenters. The van der Waals surface area contributed by atoms with Crippen molar-refractivity contribution in [1.29, 1.82) is 0 Å². The zero-order valence-corrected chi connectivity index (χ0v) is 16.1. The Labute approximate surface area is 164 Å². The molecule has 0 aliphatic carbocycles. The summed E-state index contributed by atoms with van der Waals surface area (Å²) in [5.74, 6) is 0.492. The summed E-state index contributed by atoms with van der Waals surface area (Å²) in [6, 6.07) is 15.4. The van der Waals surface area contributed by atoms with E-state index in [1.807, 2.05) is 43.5 Å². The van der Waals surface area contributed by atoms with Crippen molar-refractivity contribution >= 4 is 5.91 Å². The second-order valence-electron chi connectivity index (χ2n) is 6.71. The Morgan fingerprint density at radius 2 is 1.86 bits per heavy atom. The predicted octanol–water partition coefficient (Wildman–Crippen LogP) is 4.70. The Kier molecular flexibility index (Phi) is 5.54. The molecule has 0 aliphatic heterocycles. The molecular formula is C23H24N2O3. The molecule has 1 aromatic heterocycles. The topological polar surface area (TPSA) is 77.5 Å². The molecule has 0 saturated heterocycles. The van der Waals surface area contributed by atoms with Crippen molar-refractivity contribution in [3.63, 3.8) is 0 Å². The Bertz CT molecular complexity index is 1020. The molecule has 5 heteroatoms. The first-order valence-corrected chi connectivity index (χ1v) is 9.02. The number of hydrogen-bond acceptors (Lipinski definition) is 3. The minimum absolute atomic E-state index is 0.145. The molecule has 28 heavy (non-hydrogen) atoms. The highest BCUT2D eigenvalue weighted by atomic mass is 16.5. The summed E-state index contributed by atoms with van der Waals surface area (Å²) in [5.41, 5.74) is 11.0. The molecule has 3 aromatic rings. The highest BCUT2D eigenvalue weighted by molar-refractivity contribution is 5.94. The Balaban J connectivity index is 2.14. The van der Waals surface area contributed by atoms with Crippen LogP contribution in [0.25, 0.3) is 22.4 Å². The first kappa shape index (κ1) is 19.3. The van der Waals surface area contributed by atoms with Crippen molar-refractivity contribution in [2.45, 2.75) is 19.9 Å². The van der Waals surface area contributed by atoms with Gasteiger partial charge in [0.2, 0.25) is 5.91 Å². The van der Waals surface area contributed by atoms with Crippen LogP contribution in [-0.2, 0) is 6.54 Å². The zero-order chi connectivity index (χ0) is 20.3. The van der Waals surface area contributed by atoms with E-state index in [2.05, 4.69) is 17.2 Å². The van der Waals surface area contributed by atoms with Crippen LogP contribution in [0.15, 0.2) is 67.1 Å². The van der Waals surface area contributed by atoms with Crippen molar-refractivity contribution in [2.24, 2.45) is 5.73 Å². The molecule has 1 amide bonds. The van der Waals surface area contributed by atoms with E-state index in [0.29, 0.717) is 18.5 Å². The Morgan fingerprint density at radius 1 is 1.14 bits per heavy atom. The number of primary amides is 1. The third-order valence-electron chi connectivity index (χ3n) is 4.77. The zero-order valence-electron chi connectivity index (χ0n) is 16.1. The van der Waals surface area contributed by atoms with Crippen molar-refractivity contribution in [3.8, 4) is 28.1 Å². The van der Waals surface area contributed by atoms with Gasteiger partial charge in [0, 0.05) is 35.9 Å². The summed E-state index contributed by atoms with van der Waals surface area (Å²) in [6.07, 6.45) is 2.46. The van der Waals surface area contributed by atoms with Gasteiger partial charge in [-0.3, -0.25) is 4.79 Å². The lowest BCUT2D eigenvalue weighted by atomic mass is 9.96. The molecule has 0 spiro atoms. The lowest BCUT2D eigenvalue weighted by Crippen LogP contribution is -2.11. The summed E-state index contributed by atoms with van der Waals surface area (Å²) < 4.78 is 7.35. The van der Waals surface area contributed by atoms with Crippen molar-refractivity contribution in [1.82, 2.24) is 4.57 Å². The average molecular weight is 376 g/mol. The van der Waals surface area contributed by atoms with Crippen LogP contribution in [0.5, 0.6) is 5.75 Å². The molecule has 5 nitrogen and oxygen atoms in total. The molecule has 2 aromatic carbocycles. The van der Waals surface area contributed by atoms with E-state index < -0.39 is 5.91 Å². The number of hydrogen-bond donors (Lipinski definition) is 2. The first-order valence-electron chi connectivity index (χ1n) is 9.02. The number of carbonyl (C=O) groups is 1. The van der Waals surface area contributed by atoms with Gasteiger partial charge in [-0.1, -0.05) is 24.8 Å². The quantitative estimate of drug-likeness (QED) is 0.587. The number of ether oxygens (including phenoxy) is 1. The first-order chi connectivity index (χ1) is 13.4. The van der Waals surface area contributed by atoms with Gasteiger partial charge in [0.15, 0.2) is 0 Å². The summed E-state index contributed by atoms with van der Waals surface area (Å²) in [6.45, 7) is 6.14. The molecule has 0 saturated carbocycles. The Morgan fingerprint density at radius 3 is 2.43 bits per heavy atom. The number of allylic oxidation sites excluding steroid dienone is 1. The SMILES string of the molecule is C=C(O)CCn1ccc(-c2ccc(OC)cc2)c1-c1ccc(C(N)=O)cc1C. The molecule has 0 bridgehead atoms. The van der Waals surface area contributed by atoms with Crippen molar-refractivity contribution in [2.75, 3.05) is 7.11 Å². The third kappa shape index (κ3) is 3.93. The maximum Gasteiger partial charge on any atom is 0.248 e. The maximum absolute atomic E-state index is 11.5. The van der Waals surface area contributed by atoms with Gasteiger partial charge in [-0.15, -0.1) is 0 Å². The van der Waals surface area contributed by atoms with Crippen LogP contribution in [0.2, 0.25) is 0 Å². The van der Waals surface area contributed by atoms with Crippen LogP contribution < -0.4 is 10.5 Å². The standard InChI is InChI=1S/C23H24N2O3/c1-15-14-18(23(24)27)6-9-20(15)22-21(11-13-25(22)12-10-16(2)26)17-4-7-19(28-3)8-5-17/h4-9,11,13-14,26H,2,10,12H2,1,3H3,(H2,24,27). The highest BCUT2D eigenvalue weighted by Crippen LogP contribution is 2.36. The number of nitrogens with zero attached hydrogens (tertiary/aromatic N) is 1. The number of amides is 1. The van der Waals surface area contributed by atoms with Crippen LogP contribution in [0.4, 0.5) is 0 Å². The number of aliphatic hydroxyl groups is 1. The van der Waals surface area contributed by atoms with E-state index in [-0.39, 0.29) is 5.76 Å². The minimum atomic E-state index is -0.447. The number of benzene rings is 2. The molecule has 0 aliphatic rings. The molecular weight excluding hydrogens is 352 g/mol. The van der Waals surface area contributed by atoms with Crippen LogP contribution in [0, 0.1) is 6.92 Å². The van der Waals surface area contributed by atoms with Crippen molar-refractivity contribution in [3.05, 3.63) is 78.2 Å². The van der Waals surface area contributed by atoms with Crippen molar-refractivity contribution < 1.29 is 14.6 Å². The van der Waals surface area contributed by atoms with E-state index in [9.17, 15) is 9.90 Å². The van der Waals surface area contributed by atoms with Crippen LogP contribution in [-0.4, -0.2) is 22.7 Å². The number of aliphatic hydroxyl groups excluding tert-OH is 1. The molecule has 1 heterocycles. The molecule has 0 fully saturated rings. The number of carbonyl (C=O) groups excluding carboxylic acids is 1. The predicted molar refractivity (Wildman–Crippen MR) is 111 cm³/mol. The molecule has 3 rings (SSSR count). The van der Waals surface area contributed by atoms with E-state index in [4.69, 9.17) is 10.5 Å². The van der Waals surface area contributed by atoms with E-state index in [1.165, 1.54) is 0 Å². The lowest BCUT2D eigenvalue weighted by molar-refractivity contribution is 0.1000. The number of rotatable bonds is 7. The lowest BCUT2D eigenvalue weighted by Gasteiger charge is -2.15. The van der Waals surface area contributed by atoms with Crippen LogP contribution in [0.3, 0.4) is 0 Å². The Hall–Kier alpha value is -3.47. The normalized spacial score (nSPS) is 10.6. The average Bonchev–Trinajstić information content (AvgIpc) is 3.10. The van der Waals surface area contributed by atoms with E-state index >= 15 is 0 Å². The largest absolute Gasteiger partial charge is 0.513 e. The van der Waals surface area contributed by atoms with Gasteiger partial charge in [0.25, 0.3) is 0 Å². The summed E-state index contributed by atoms with van der Waals surface area (Å²) >= 11 is 0. The fourth-order valence-electron chi connectivity index (χ4n) is 3.29. The van der Waals surface area contributed by atoms with Gasteiger partial charge in [-0.05, 0) is 48.4 Å². The summed E-state index contributed by atoms with van der Waals surface area (Å²) in [4.78, 5) is 11.5. The van der Waals surface area contributed by atoms with Gasteiger partial charge in [0.1, 0.15) is 5.75 Å². The fourth-order valence-corrected chi connectivity index (χ4v) is 3.29. The monoisotopic (exact) mass is 376 g/mol. The van der Waals surface area contributed by atoms with E-state index in [1.54, 1.807) is 19.2 Å². The third-order valence-corrected chi connectivity index (χ3v) is 4.77. The van der Waals surface area contributed by atoms with Gasteiger partial charge in [0.05, 0.1) is 18.6 Å². The molecule has 0 radical (unpaired) electrons. The van der Waals surface area contributed by atoms with E-state index in [0.717, 1.165) is 33.7 Å². The highest BCUT2D eigenvalue weighted by Gasteiger charge is 2.16. The number of aromatic nitrogens is 1. The smallest absolute Gasteiger partial charge is 0.248 e. The summed E-state index contributed by atoms with van der Waals surface area (Å²) in [7, 11) is 1.64. The fraction of sp³-hybridized carbons (Fsp3) is 0.174. The maximum atomic E-state index is 11.5. The number of aryl methyl sites for hydroxylation is 2. The van der Waals surface area contributed by atoms with Gasteiger partial charge in [-0.25, -0.2) is 0 Å². The van der Waals surface area contributed by atoms with Crippen LogP contribution in [0.1, 0.15) is 22.3 Å². The number of nitrogens with two attached hydrogens (primary N) is 1. The molecule has 144 valence electrons. The molecule has 3 N–H and O–H groups in total. The molecule has 0 unspecified atom stereocenters.